The first-order valence-electron chi connectivity index (χ1n) is 8.57. The van der Waals surface area contributed by atoms with Crippen molar-refractivity contribution in [2.45, 2.75) is 18.5 Å². The molecule has 7 nitrogen and oxygen atoms in total. The van der Waals surface area contributed by atoms with Crippen LogP contribution in [0.4, 0.5) is 0 Å². The van der Waals surface area contributed by atoms with E-state index in [2.05, 4.69) is 24.0 Å². The van der Waals surface area contributed by atoms with Gasteiger partial charge in [0.05, 0.1) is 16.9 Å². The third-order valence-electron chi connectivity index (χ3n) is 4.70. The number of aromatic nitrogens is 5. The molecule has 27 heavy (non-hydrogen) atoms. The molecule has 0 N–H and O–H groups in total. The maximum absolute atomic E-state index is 12.5. The second-order valence-corrected chi connectivity index (χ2v) is 7.57. The van der Waals surface area contributed by atoms with E-state index in [-0.39, 0.29) is 11.2 Å². The van der Waals surface area contributed by atoms with E-state index in [0.717, 1.165) is 26.2 Å². The van der Waals surface area contributed by atoms with Gasteiger partial charge in [0.25, 0.3) is 5.56 Å². The largest absolute Gasteiger partial charge is 0.332 e. The summed E-state index contributed by atoms with van der Waals surface area (Å²) in [5, 5.41) is 2.11. The average Bonchev–Trinajstić information content (AvgIpc) is 3.09. The number of rotatable bonds is 4. The number of nitrogens with zero attached hydrogens (tertiary/aromatic N) is 5. The van der Waals surface area contributed by atoms with Crippen LogP contribution in [-0.2, 0) is 20.6 Å². The fourth-order valence-corrected chi connectivity index (χ4v) is 4.13. The van der Waals surface area contributed by atoms with Gasteiger partial charge in [-0.15, -0.1) is 11.8 Å². The number of thioether (sulfide) groups is 1. The molecule has 3 heterocycles. The lowest BCUT2D eigenvalue weighted by molar-refractivity contribution is 0.700. The zero-order valence-electron chi connectivity index (χ0n) is 15.3. The van der Waals surface area contributed by atoms with Gasteiger partial charge in [0, 0.05) is 31.8 Å². The lowest BCUT2D eigenvalue weighted by Gasteiger charge is -2.08. The van der Waals surface area contributed by atoms with Crippen LogP contribution in [0.25, 0.3) is 22.1 Å². The Morgan fingerprint density at radius 1 is 1.11 bits per heavy atom. The summed E-state index contributed by atoms with van der Waals surface area (Å²) in [6, 6.07) is 10.2. The quantitative estimate of drug-likeness (QED) is 0.506. The van der Waals surface area contributed by atoms with Crippen LogP contribution in [0, 0.1) is 6.92 Å². The van der Waals surface area contributed by atoms with E-state index >= 15 is 0 Å². The van der Waals surface area contributed by atoms with Crippen molar-refractivity contribution in [2.24, 2.45) is 14.1 Å². The Balaban J connectivity index is 1.60. The standard InChI is InChI=1S/C19H19N5O2S/c1-12-10-15(21-14-7-5-4-6-13(12)14)27-9-8-24-11-20-17-16(24)18(25)23(3)19(26)22(17)2/h4-7,10-11H,8-9H2,1-3H3. The van der Waals surface area contributed by atoms with Gasteiger partial charge in [-0.1, -0.05) is 18.2 Å². The molecule has 0 aliphatic rings. The molecule has 8 heteroatoms. The fraction of sp³-hybridized carbons (Fsp3) is 0.263. The molecular formula is C19H19N5O2S. The van der Waals surface area contributed by atoms with E-state index < -0.39 is 0 Å². The molecule has 0 spiro atoms. The maximum Gasteiger partial charge on any atom is 0.332 e. The van der Waals surface area contributed by atoms with Gasteiger partial charge in [-0.3, -0.25) is 13.9 Å². The molecule has 0 saturated heterocycles. The van der Waals surface area contributed by atoms with Crippen molar-refractivity contribution >= 4 is 33.8 Å². The fourth-order valence-electron chi connectivity index (χ4n) is 3.21. The van der Waals surface area contributed by atoms with E-state index in [1.54, 1.807) is 29.7 Å². The van der Waals surface area contributed by atoms with Gasteiger partial charge in [0.2, 0.25) is 0 Å². The number of para-hydroxylation sites is 1. The van der Waals surface area contributed by atoms with Crippen LogP contribution in [0.15, 0.2) is 51.3 Å². The summed E-state index contributed by atoms with van der Waals surface area (Å²) in [5.74, 6) is 0.738. The van der Waals surface area contributed by atoms with Crippen molar-refractivity contribution in [2.75, 3.05) is 5.75 Å². The molecule has 0 aliphatic carbocycles. The summed E-state index contributed by atoms with van der Waals surface area (Å²) in [6.07, 6.45) is 1.62. The molecule has 4 aromatic rings. The number of hydrogen-bond donors (Lipinski definition) is 0. The Bertz CT molecular complexity index is 1290. The van der Waals surface area contributed by atoms with Gasteiger partial charge in [0.1, 0.15) is 0 Å². The molecule has 1 aromatic carbocycles. The number of fused-ring (bicyclic) bond motifs is 2. The van der Waals surface area contributed by atoms with Crippen LogP contribution in [0.1, 0.15) is 5.56 Å². The lowest BCUT2D eigenvalue weighted by Crippen LogP contribution is -2.37. The third-order valence-corrected chi connectivity index (χ3v) is 5.59. The lowest BCUT2D eigenvalue weighted by atomic mass is 10.1. The molecule has 0 fully saturated rings. The van der Waals surface area contributed by atoms with Crippen LogP contribution >= 0.6 is 11.8 Å². The molecule has 0 unspecified atom stereocenters. The maximum atomic E-state index is 12.5. The van der Waals surface area contributed by atoms with Gasteiger partial charge in [-0.25, -0.2) is 14.8 Å². The summed E-state index contributed by atoms with van der Waals surface area (Å²) < 4.78 is 4.31. The van der Waals surface area contributed by atoms with Gasteiger partial charge in [-0.05, 0) is 24.6 Å². The number of hydrogen-bond acceptors (Lipinski definition) is 5. The topological polar surface area (TPSA) is 74.7 Å². The van der Waals surface area contributed by atoms with Crippen molar-refractivity contribution in [1.82, 2.24) is 23.7 Å². The minimum absolute atomic E-state index is 0.324. The van der Waals surface area contributed by atoms with E-state index in [4.69, 9.17) is 4.98 Å². The first kappa shape index (κ1) is 17.5. The number of aryl methyl sites for hydroxylation is 3. The average molecular weight is 381 g/mol. The molecular weight excluding hydrogens is 362 g/mol. The minimum atomic E-state index is -0.372. The summed E-state index contributed by atoms with van der Waals surface area (Å²) in [5.41, 5.74) is 2.34. The van der Waals surface area contributed by atoms with E-state index in [1.165, 1.54) is 17.2 Å². The number of imidazole rings is 1. The number of pyridine rings is 1. The Hall–Kier alpha value is -2.87. The van der Waals surface area contributed by atoms with Crippen molar-refractivity contribution in [3.8, 4) is 0 Å². The molecule has 0 bridgehead atoms. The highest BCUT2D eigenvalue weighted by atomic mass is 32.2. The SMILES string of the molecule is Cc1cc(SCCn2cnc3c2c(=O)n(C)c(=O)n3C)nc2ccccc12. The molecule has 3 aromatic heterocycles. The van der Waals surface area contributed by atoms with Crippen LogP contribution < -0.4 is 11.2 Å². The van der Waals surface area contributed by atoms with E-state index in [1.807, 2.05) is 18.2 Å². The highest BCUT2D eigenvalue weighted by Gasteiger charge is 2.14. The molecule has 0 atom stereocenters. The first-order valence-corrected chi connectivity index (χ1v) is 9.56. The van der Waals surface area contributed by atoms with Crippen molar-refractivity contribution in [1.29, 1.82) is 0 Å². The van der Waals surface area contributed by atoms with Gasteiger partial charge in [-0.2, -0.15) is 0 Å². The predicted molar refractivity (Wildman–Crippen MR) is 107 cm³/mol. The summed E-state index contributed by atoms with van der Waals surface area (Å²) in [6.45, 7) is 2.68. The zero-order valence-corrected chi connectivity index (χ0v) is 16.2. The molecule has 138 valence electrons. The normalized spacial score (nSPS) is 11.5. The second-order valence-electron chi connectivity index (χ2n) is 6.46. The Morgan fingerprint density at radius 2 is 1.89 bits per heavy atom. The molecule has 0 radical (unpaired) electrons. The minimum Gasteiger partial charge on any atom is -0.324 e. The summed E-state index contributed by atoms with van der Waals surface area (Å²) in [7, 11) is 3.11. The number of benzene rings is 1. The van der Waals surface area contributed by atoms with Gasteiger partial charge >= 0.3 is 5.69 Å². The van der Waals surface area contributed by atoms with E-state index in [9.17, 15) is 9.59 Å². The highest BCUT2D eigenvalue weighted by Crippen LogP contribution is 2.23. The smallest absolute Gasteiger partial charge is 0.324 e. The third kappa shape index (κ3) is 2.95. The second kappa shape index (κ2) is 6.70. The molecule has 4 rings (SSSR count). The monoisotopic (exact) mass is 381 g/mol. The summed E-state index contributed by atoms with van der Waals surface area (Å²) in [4.78, 5) is 33.4. The zero-order chi connectivity index (χ0) is 19.1. The summed E-state index contributed by atoms with van der Waals surface area (Å²) >= 11 is 1.64. The van der Waals surface area contributed by atoms with Crippen molar-refractivity contribution in [3.63, 3.8) is 0 Å². The Morgan fingerprint density at radius 3 is 2.70 bits per heavy atom. The Kier molecular flexibility index (Phi) is 4.35. The molecule has 0 amide bonds. The molecule has 0 aliphatic heterocycles. The highest BCUT2D eigenvalue weighted by molar-refractivity contribution is 7.99. The van der Waals surface area contributed by atoms with E-state index in [0.29, 0.717) is 17.7 Å². The van der Waals surface area contributed by atoms with Gasteiger partial charge < -0.3 is 4.57 Å². The van der Waals surface area contributed by atoms with Crippen molar-refractivity contribution < 1.29 is 0 Å². The van der Waals surface area contributed by atoms with Crippen LogP contribution in [-0.4, -0.2) is 29.4 Å². The Labute approximate surface area is 159 Å². The van der Waals surface area contributed by atoms with Crippen molar-refractivity contribution in [3.05, 3.63) is 63.1 Å². The predicted octanol–water partition coefficient (Wildman–Crippen LogP) is 2.08. The van der Waals surface area contributed by atoms with Gasteiger partial charge in [0.15, 0.2) is 11.2 Å². The first-order chi connectivity index (χ1) is 13.0. The van der Waals surface area contributed by atoms with Crippen LogP contribution in [0.5, 0.6) is 0 Å². The van der Waals surface area contributed by atoms with Crippen LogP contribution in [0.2, 0.25) is 0 Å². The molecule has 0 saturated carbocycles. The van der Waals surface area contributed by atoms with Crippen LogP contribution in [0.3, 0.4) is 0 Å².